The first-order valence-corrected chi connectivity index (χ1v) is 2.85. The Balaban J connectivity index is 2.76. The second-order valence-electron chi connectivity index (χ2n) is 1.24. The van der Waals surface area contributed by atoms with Gasteiger partial charge in [0.1, 0.15) is 0 Å². The molecule has 7 heavy (non-hydrogen) atoms. The van der Waals surface area contributed by atoms with E-state index in [9.17, 15) is 0 Å². The van der Waals surface area contributed by atoms with Gasteiger partial charge < -0.3 is 5.73 Å². The van der Waals surface area contributed by atoms with Crippen LogP contribution in [-0.4, -0.2) is 4.37 Å². The van der Waals surface area contributed by atoms with E-state index in [1.165, 1.54) is 11.5 Å². The van der Waals surface area contributed by atoms with Crippen LogP contribution >= 0.6 is 11.5 Å². The third kappa shape index (κ3) is 0.976. The fourth-order valence-electron chi connectivity index (χ4n) is 0.327. The Morgan fingerprint density at radius 3 is 3.00 bits per heavy atom. The summed E-state index contributed by atoms with van der Waals surface area (Å²) in [4.78, 5) is 0. The van der Waals surface area contributed by atoms with Gasteiger partial charge in [0.25, 0.3) is 0 Å². The molecule has 0 saturated heterocycles. The third-order valence-corrected chi connectivity index (χ3v) is 1.35. The normalized spacial score (nSPS) is 9.29. The van der Waals surface area contributed by atoms with Gasteiger partial charge in [-0.15, -0.1) is 0 Å². The highest BCUT2D eigenvalue weighted by Gasteiger charge is 1.84. The van der Waals surface area contributed by atoms with E-state index < -0.39 is 0 Å². The number of aromatic nitrogens is 1. The Bertz CT molecular complexity index is 124. The summed E-state index contributed by atoms with van der Waals surface area (Å²) >= 11 is 1.43. The second-order valence-corrected chi connectivity index (χ2v) is 1.89. The summed E-state index contributed by atoms with van der Waals surface area (Å²) in [6, 6.07) is 0. The molecule has 1 aromatic rings. The fraction of sp³-hybridized carbons (Fsp3) is 0.250. The zero-order chi connectivity index (χ0) is 5.11. The van der Waals surface area contributed by atoms with E-state index in [1.807, 2.05) is 5.38 Å². The average molecular weight is 114 g/mol. The van der Waals surface area contributed by atoms with Gasteiger partial charge in [-0.3, -0.25) is 0 Å². The summed E-state index contributed by atoms with van der Waals surface area (Å²) in [5.74, 6) is 0. The summed E-state index contributed by atoms with van der Waals surface area (Å²) in [5, 5.41) is 1.94. The van der Waals surface area contributed by atoms with Crippen molar-refractivity contribution in [1.29, 1.82) is 0 Å². The molecule has 3 heteroatoms. The third-order valence-electron chi connectivity index (χ3n) is 0.719. The maximum Gasteiger partial charge on any atom is 0.0451 e. The SMILES string of the molecule is NCc1cnsc1. The maximum atomic E-state index is 5.26. The molecular formula is C4H6N2S. The van der Waals surface area contributed by atoms with Crippen molar-refractivity contribution in [3.8, 4) is 0 Å². The highest BCUT2D eigenvalue weighted by atomic mass is 32.1. The maximum absolute atomic E-state index is 5.26. The van der Waals surface area contributed by atoms with E-state index in [-0.39, 0.29) is 0 Å². The molecule has 2 nitrogen and oxygen atoms in total. The van der Waals surface area contributed by atoms with Crippen LogP contribution in [0.25, 0.3) is 0 Å². The van der Waals surface area contributed by atoms with Crippen LogP contribution in [-0.2, 0) is 6.54 Å². The van der Waals surface area contributed by atoms with Crippen LogP contribution in [0, 0.1) is 0 Å². The van der Waals surface area contributed by atoms with Gasteiger partial charge in [0.2, 0.25) is 0 Å². The summed E-state index contributed by atoms with van der Waals surface area (Å²) < 4.78 is 3.85. The van der Waals surface area contributed by atoms with E-state index >= 15 is 0 Å². The fourth-order valence-corrected chi connectivity index (χ4v) is 0.877. The minimum Gasteiger partial charge on any atom is -0.326 e. The average Bonchev–Trinajstić information content (AvgIpc) is 2.14. The van der Waals surface area contributed by atoms with E-state index in [1.54, 1.807) is 6.20 Å². The van der Waals surface area contributed by atoms with Crippen molar-refractivity contribution in [2.75, 3.05) is 0 Å². The van der Waals surface area contributed by atoms with Crippen LogP contribution in [0.4, 0.5) is 0 Å². The molecule has 0 saturated carbocycles. The molecule has 0 aromatic carbocycles. The van der Waals surface area contributed by atoms with Gasteiger partial charge in [-0.05, 0) is 17.1 Å². The number of nitrogens with two attached hydrogens (primary N) is 1. The molecule has 1 heterocycles. The van der Waals surface area contributed by atoms with Gasteiger partial charge in [0.15, 0.2) is 0 Å². The molecule has 0 amide bonds. The van der Waals surface area contributed by atoms with E-state index in [0.29, 0.717) is 6.54 Å². The molecule has 0 bridgehead atoms. The summed E-state index contributed by atoms with van der Waals surface area (Å²) in [6.07, 6.45) is 1.78. The molecule has 0 aliphatic heterocycles. The summed E-state index contributed by atoms with van der Waals surface area (Å²) in [6.45, 7) is 0.608. The monoisotopic (exact) mass is 114 g/mol. The van der Waals surface area contributed by atoms with E-state index in [2.05, 4.69) is 4.37 Å². The highest BCUT2D eigenvalue weighted by Crippen LogP contribution is 1.97. The molecule has 38 valence electrons. The van der Waals surface area contributed by atoms with Gasteiger partial charge in [-0.2, -0.15) is 0 Å². The Morgan fingerprint density at radius 1 is 1.86 bits per heavy atom. The van der Waals surface area contributed by atoms with E-state index in [4.69, 9.17) is 5.73 Å². The number of rotatable bonds is 1. The van der Waals surface area contributed by atoms with Crippen LogP contribution < -0.4 is 5.73 Å². The van der Waals surface area contributed by atoms with Crippen molar-refractivity contribution < 1.29 is 0 Å². The van der Waals surface area contributed by atoms with Crippen molar-refractivity contribution >= 4 is 11.5 Å². The lowest BCUT2D eigenvalue weighted by atomic mass is 10.4. The first-order chi connectivity index (χ1) is 3.43. The van der Waals surface area contributed by atoms with Crippen LogP contribution in [0.5, 0.6) is 0 Å². The first-order valence-electron chi connectivity index (χ1n) is 2.02. The number of hydrogen-bond donors (Lipinski definition) is 1. The van der Waals surface area contributed by atoms with Gasteiger partial charge in [0, 0.05) is 18.1 Å². The topological polar surface area (TPSA) is 38.9 Å². The van der Waals surface area contributed by atoms with Crippen molar-refractivity contribution in [3.05, 3.63) is 17.1 Å². The molecule has 0 fully saturated rings. The summed E-state index contributed by atoms with van der Waals surface area (Å²) in [5.41, 5.74) is 6.38. The van der Waals surface area contributed by atoms with Gasteiger partial charge in [-0.1, -0.05) is 0 Å². The molecule has 0 atom stereocenters. The van der Waals surface area contributed by atoms with E-state index in [0.717, 1.165) is 5.56 Å². The van der Waals surface area contributed by atoms with Gasteiger partial charge in [-0.25, -0.2) is 4.37 Å². The van der Waals surface area contributed by atoms with Crippen LogP contribution in [0.15, 0.2) is 11.6 Å². The molecule has 0 aliphatic carbocycles. The number of hydrogen-bond acceptors (Lipinski definition) is 3. The Morgan fingerprint density at radius 2 is 2.71 bits per heavy atom. The second kappa shape index (κ2) is 2.04. The minimum atomic E-state index is 0.608. The molecule has 0 radical (unpaired) electrons. The highest BCUT2D eigenvalue weighted by molar-refractivity contribution is 7.03. The largest absolute Gasteiger partial charge is 0.326 e. The summed E-state index contributed by atoms with van der Waals surface area (Å²) in [7, 11) is 0. The molecule has 0 aliphatic rings. The lowest BCUT2D eigenvalue weighted by molar-refractivity contribution is 1.07. The first kappa shape index (κ1) is 4.74. The predicted molar refractivity (Wildman–Crippen MR) is 30.0 cm³/mol. The Labute approximate surface area is 46.1 Å². The quantitative estimate of drug-likeness (QED) is 0.580. The van der Waals surface area contributed by atoms with Crippen molar-refractivity contribution in [2.24, 2.45) is 5.73 Å². The zero-order valence-corrected chi connectivity index (χ0v) is 4.61. The van der Waals surface area contributed by atoms with Gasteiger partial charge >= 0.3 is 0 Å². The Kier molecular flexibility index (Phi) is 1.38. The van der Waals surface area contributed by atoms with Crippen LogP contribution in [0.1, 0.15) is 5.56 Å². The molecule has 1 rings (SSSR count). The molecule has 0 spiro atoms. The zero-order valence-electron chi connectivity index (χ0n) is 3.79. The van der Waals surface area contributed by atoms with Crippen molar-refractivity contribution in [2.45, 2.75) is 6.54 Å². The molecule has 1 aromatic heterocycles. The lowest BCUT2D eigenvalue weighted by Crippen LogP contribution is -1.92. The van der Waals surface area contributed by atoms with Crippen molar-refractivity contribution in [1.82, 2.24) is 4.37 Å². The van der Waals surface area contributed by atoms with Crippen molar-refractivity contribution in [3.63, 3.8) is 0 Å². The lowest BCUT2D eigenvalue weighted by Gasteiger charge is -1.77. The predicted octanol–water partition coefficient (Wildman–Crippen LogP) is 0.602. The minimum absolute atomic E-state index is 0.608. The number of nitrogens with zero attached hydrogens (tertiary/aromatic N) is 1. The van der Waals surface area contributed by atoms with Gasteiger partial charge in [0.05, 0.1) is 0 Å². The smallest absolute Gasteiger partial charge is 0.0451 e. The molecule has 2 N–H and O–H groups in total. The standard InChI is InChI=1S/C4H6N2S/c5-1-4-2-6-7-3-4/h2-3H,1,5H2. The Hall–Kier alpha value is -0.410. The van der Waals surface area contributed by atoms with Crippen LogP contribution in [0.2, 0.25) is 0 Å². The molecule has 0 unspecified atom stereocenters. The van der Waals surface area contributed by atoms with Crippen LogP contribution in [0.3, 0.4) is 0 Å². The molecular weight excluding hydrogens is 108 g/mol.